The average molecular weight is 297 g/mol. The van der Waals surface area contributed by atoms with Gasteiger partial charge in [-0.25, -0.2) is 4.79 Å². The van der Waals surface area contributed by atoms with Gasteiger partial charge in [0.1, 0.15) is 5.75 Å². The van der Waals surface area contributed by atoms with Crippen LogP contribution in [0.2, 0.25) is 0 Å². The van der Waals surface area contributed by atoms with E-state index in [-0.39, 0.29) is 11.3 Å². The van der Waals surface area contributed by atoms with E-state index in [9.17, 15) is 18.0 Å². The van der Waals surface area contributed by atoms with Crippen molar-refractivity contribution < 1.29 is 27.4 Å². The Labute approximate surface area is 118 Å². The molecule has 1 heterocycles. The van der Waals surface area contributed by atoms with Gasteiger partial charge in [-0.15, -0.1) is 13.2 Å². The molecule has 1 aromatic carbocycles. The summed E-state index contributed by atoms with van der Waals surface area (Å²) in [7, 11) is 1.24. The maximum absolute atomic E-state index is 12.1. The van der Waals surface area contributed by atoms with Gasteiger partial charge in [0.25, 0.3) is 0 Å². The van der Waals surface area contributed by atoms with Gasteiger partial charge in [-0.3, -0.25) is 4.98 Å². The Morgan fingerprint density at radius 1 is 1.14 bits per heavy atom. The number of benzene rings is 1. The maximum atomic E-state index is 12.1. The lowest BCUT2D eigenvalue weighted by molar-refractivity contribution is -0.274. The van der Waals surface area contributed by atoms with Gasteiger partial charge in [-0.1, -0.05) is 0 Å². The predicted octanol–water partition coefficient (Wildman–Crippen LogP) is 3.43. The highest BCUT2D eigenvalue weighted by Crippen LogP contribution is 2.27. The Balaban J connectivity index is 2.33. The first-order valence-electron chi connectivity index (χ1n) is 5.80. The number of esters is 1. The number of methoxy groups -OCH3 is 1. The number of rotatable bonds is 3. The van der Waals surface area contributed by atoms with Gasteiger partial charge in [-0.2, -0.15) is 0 Å². The van der Waals surface area contributed by atoms with Crippen LogP contribution >= 0.6 is 0 Å². The van der Waals surface area contributed by atoms with E-state index in [4.69, 9.17) is 0 Å². The predicted molar refractivity (Wildman–Crippen MR) is 67.7 cm³/mol. The number of pyridine rings is 1. The Morgan fingerprint density at radius 2 is 1.81 bits per heavy atom. The summed E-state index contributed by atoms with van der Waals surface area (Å²) in [5.74, 6) is -0.921. The molecule has 0 fully saturated rings. The number of nitrogens with zero attached hydrogens (tertiary/aromatic N) is 1. The van der Waals surface area contributed by atoms with E-state index < -0.39 is 12.3 Å². The van der Waals surface area contributed by atoms with Crippen LogP contribution in [-0.2, 0) is 4.74 Å². The molecule has 0 aliphatic heterocycles. The number of alkyl halides is 3. The minimum Gasteiger partial charge on any atom is -0.465 e. The van der Waals surface area contributed by atoms with E-state index in [1.54, 1.807) is 6.07 Å². The number of aromatic nitrogens is 1. The van der Waals surface area contributed by atoms with E-state index in [1.807, 2.05) is 0 Å². The molecule has 4 nitrogen and oxygen atoms in total. The number of carbonyl (C=O) groups is 1. The Morgan fingerprint density at radius 3 is 2.38 bits per heavy atom. The second kappa shape index (κ2) is 5.82. The van der Waals surface area contributed by atoms with Crippen LogP contribution in [-0.4, -0.2) is 24.4 Å². The van der Waals surface area contributed by atoms with E-state index in [1.165, 1.54) is 31.5 Å². The van der Waals surface area contributed by atoms with Crippen molar-refractivity contribution in [2.24, 2.45) is 0 Å². The lowest BCUT2D eigenvalue weighted by Gasteiger charge is -2.10. The van der Waals surface area contributed by atoms with Crippen LogP contribution in [0.15, 0.2) is 42.6 Å². The molecule has 7 heteroatoms. The summed E-state index contributed by atoms with van der Waals surface area (Å²) in [6, 6.07) is 8.16. The molecule has 1 aromatic heterocycles. The van der Waals surface area contributed by atoms with Crippen molar-refractivity contribution in [3.8, 4) is 17.0 Å². The Bertz CT molecular complexity index is 639. The molecule has 0 N–H and O–H groups in total. The zero-order valence-electron chi connectivity index (χ0n) is 10.8. The monoisotopic (exact) mass is 297 g/mol. The molecule has 0 spiro atoms. The van der Waals surface area contributed by atoms with Crippen molar-refractivity contribution >= 4 is 5.97 Å². The highest BCUT2D eigenvalue weighted by molar-refractivity contribution is 5.95. The molecule has 0 bridgehead atoms. The summed E-state index contributed by atoms with van der Waals surface area (Å²) < 4.78 is 44.7. The summed E-state index contributed by atoms with van der Waals surface area (Å²) >= 11 is 0. The van der Waals surface area contributed by atoms with Crippen molar-refractivity contribution in [3.05, 3.63) is 48.2 Å². The average Bonchev–Trinajstić information content (AvgIpc) is 2.45. The fourth-order valence-electron chi connectivity index (χ4n) is 1.72. The lowest BCUT2D eigenvalue weighted by Crippen LogP contribution is -2.17. The van der Waals surface area contributed by atoms with Crippen LogP contribution in [0.1, 0.15) is 10.4 Å². The zero-order valence-corrected chi connectivity index (χ0v) is 10.8. The first kappa shape index (κ1) is 14.8. The van der Waals surface area contributed by atoms with Crippen molar-refractivity contribution in [2.45, 2.75) is 6.36 Å². The molecule has 0 amide bonds. The molecule has 21 heavy (non-hydrogen) atoms. The minimum atomic E-state index is -4.75. The molecular formula is C14H10F3NO3. The Kier molecular flexibility index (Phi) is 4.11. The fraction of sp³-hybridized carbons (Fsp3) is 0.143. The van der Waals surface area contributed by atoms with Crippen molar-refractivity contribution in [1.82, 2.24) is 4.98 Å². The Hall–Kier alpha value is -2.57. The van der Waals surface area contributed by atoms with Gasteiger partial charge in [0.05, 0.1) is 18.4 Å². The topological polar surface area (TPSA) is 48.4 Å². The van der Waals surface area contributed by atoms with Crippen LogP contribution in [0, 0.1) is 0 Å². The van der Waals surface area contributed by atoms with Gasteiger partial charge >= 0.3 is 12.3 Å². The van der Waals surface area contributed by atoms with Crippen LogP contribution in [0.4, 0.5) is 13.2 Å². The molecule has 110 valence electrons. The molecular weight excluding hydrogens is 287 g/mol. The van der Waals surface area contributed by atoms with Gasteiger partial charge < -0.3 is 9.47 Å². The molecule has 0 aliphatic carbocycles. The summed E-state index contributed by atoms with van der Waals surface area (Å²) in [4.78, 5) is 15.7. The van der Waals surface area contributed by atoms with Crippen molar-refractivity contribution in [3.63, 3.8) is 0 Å². The van der Waals surface area contributed by atoms with E-state index in [0.29, 0.717) is 11.3 Å². The molecule has 2 aromatic rings. The molecule has 0 aliphatic rings. The first-order chi connectivity index (χ1) is 9.90. The van der Waals surface area contributed by atoms with Crippen LogP contribution < -0.4 is 4.74 Å². The number of hydrogen-bond acceptors (Lipinski definition) is 4. The third-order valence-corrected chi connectivity index (χ3v) is 2.57. The smallest absolute Gasteiger partial charge is 0.465 e. The molecule has 0 saturated heterocycles. The van der Waals surface area contributed by atoms with E-state index in [2.05, 4.69) is 14.5 Å². The summed E-state index contributed by atoms with van der Waals surface area (Å²) in [6.45, 7) is 0. The van der Waals surface area contributed by atoms with E-state index in [0.717, 1.165) is 12.1 Å². The number of carbonyl (C=O) groups excluding carboxylic acids is 1. The van der Waals surface area contributed by atoms with Crippen molar-refractivity contribution in [2.75, 3.05) is 7.11 Å². The molecule has 0 radical (unpaired) electrons. The summed E-state index contributed by atoms with van der Waals surface area (Å²) in [5, 5.41) is 0. The maximum Gasteiger partial charge on any atom is 0.573 e. The molecule has 0 unspecified atom stereocenters. The molecule has 2 rings (SSSR count). The van der Waals surface area contributed by atoms with Gasteiger partial charge in [0, 0.05) is 11.8 Å². The number of ether oxygens (including phenoxy) is 2. The number of hydrogen-bond donors (Lipinski definition) is 0. The quantitative estimate of drug-likeness (QED) is 0.814. The largest absolute Gasteiger partial charge is 0.573 e. The normalized spacial score (nSPS) is 11.0. The van der Waals surface area contributed by atoms with Crippen LogP contribution in [0.5, 0.6) is 5.75 Å². The zero-order chi connectivity index (χ0) is 15.5. The first-order valence-corrected chi connectivity index (χ1v) is 5.80. The summed E-state index contributed by atoms with van der Waals surface area (Å²) in [6.07, 6.45) is -3.27. The number of halogens is 3. The fourth-order valence-corrected chi connectivity index (χ4v) is 1.72. The van der Waals surface area contributed by atoms with Crippen LogP contribution in [0.25, 0.3) is 11.3 Å². The van der Waals surface area contributed by atoms with Gasteiger partial charge in [-0.05, 0) is 36.4 Å². The van der Waals surface area contributed by atoms with Crippen molar-refractivity contribution in [1.29, 1.82) is 0 Å². The highest BCUT2D eigenvalue weighted by Gasteiger charge is 2.31. The van der Waals surface area contributed by atoms with Gasteiger partial charge in [0.15, 0.2) is 0 Å². The van der Waals surface area contributed by atoms with Gasteiger partial charge in [0.2, 0.25) is 0 Å². The summed E-state index contributed by atoms with van der Waals surface area (Å²) in [5.41, 5.74) is 1.03. The van der Waals surface area contributed by atoms with E-state index >= 15 is 0 Å². The molecule has 0 atom stereocenters. The third-order valence-electron chi connectivity index (χ3n) is 2.57. The highest BCUT2D eigenvalue weighted by atomic mass is 19.4. The second-order valence-corrected chi connectivity index (χ2v) is 3.96. The SMILES string of the molecule is COC(=O)c1cccnc1-c1ccc(OC(F)(F)F)cc1. The minimum absolute atomic E-state index is 0.226. The van der Waals surface area contributed by atoms with Crippen LogP contribution in [0.3, 0.4) is 0 Å². The molecule has 0 saturated carbocycles. The lowest BCUT2D eigenvalue weighted by atomic mass is 10.1. The standard InChI is InChI=1S/C14H10F3NO3/c1-20-13(19)11-3-2-8-18-12(11)9-4-6-10(7-5-9)21-14(15,16)17/h2-8H,1H3. The second-order valence-electron chi connectivity index (χ2n) is 3.96. The third kappa shape index (κ3) is 3.71.